The zero-order chi connectivity index (χ0) is 8.13. The first-order valence-electron chi connectivity index (χ1n) is 5.56. The third-order valence-electron chi connectivity index (χ3n) is 4.61. The van der Waals surface area contributed by atoms with Crippen LogP contribution < -0.4 is 0 Å². The molecule has 2 bridgehead atoms. The largest absolute Gasteiger partial charge is 0.303 e. The quantitative estimate of drug-likeness (QED) is 0.531. The van der Waals surface area contributed by atoms with Crippen LogP contribution in [0.25, 0.3) is 0 Å². The SMILES string of the molecule is CN1CC2CC1C1CCCCC21. The van der Waals surface area contributed by atoms with Gasteiger partial charge in [0.15, 0.2) is 0 Å². The summed E-state index contributed by atoms with van der Waals surface area (Å²) in [7, 11) is 2.33. The van der Waals surface area contributed by atoms with E-state index in [2.05, 4.69) is 11.9 Å². The van der Waals surface area contributed by atoms with Crippen molar-refractivity contribution in [3.8, 4) is 0 Å². The number of piperidine rings is 1. The van der Waals surface area contributed by atoms with Gasteiger partial charge in [0, 0.05) is 12.6 Å². The van der Waals surface area contributed by atoms with Gasteiger partial charge in [0.1, 0.15) is 0 Å². The summed E-state index contributed by atoms with van der Waals surface area (Å²) in [5, 5.41) is 0. The molecule has 0 aromatic heterocycles. The van der Waals surface area contributed by atoms with Gasteiger partial charge in [-0.15, -0.1) is 0 Å². The summed E-state index contributed by atoms with van der Waals surface area (Å²) >= 11 is 0. The Morgan fingerprint density at radius 1 is 1.08 bits per heavy atom. The van der Waals surface area contributed by atoms with Crippen LogP contribution in [0.2, 0.25) is 0 Å². The lowest BCUT2D eigenvalue weighted by atomic mass is 9.75. The van der Waals surface area contributed by atoms with Crippen molar-refractivity contribution in [1.29, 1.82) is 0 Å². The normalized spacial score (nSPS) is 52.8. The monoisotopic (exact) mass is 165 g/mol. The van der Waals surface area contributed by atoms with Crippen LogP contribution in [-0.4, -0.2) is 24.5 Å². The van der Waals surface area contributed by atoms with Crippen LogP contribution in [0.15, 0.2) is 0 Å². The van der Waals surface area contributed by atoms with E-state index in [1.165, 1.54) is 32.2 Å². The molecule has 0 N–H and O–H groups in total. The van der Waals surface area contributed by atoms with Crippen molar-refractivity contribution >= 4 is 0 Å². The van der Waals surface area contributed by atoms with Gasteiger partial charge in [-0.3, -0.25) is 0 Å². The van der Waals surface area contributed by atoms with Gasteiger partial charge in [-0.25, -0.2) is 0 Å². The highest BCUT2D eigenvalue weighted by atomic mass is 15.2. The van der Waals surface area contributed by atoms with Gasteiger partial charge < -0.3 is 4.90 Å². The Labute approximate surface area is 75.1 Å². The maximum atomic E-state index is 2.62. The van der Waals surface area contributed by atoms with E-state index in [1.54, 1.807) is 6.42 Å². The van der Waals surface area contributed by atoms with Crippen LogP contribution in [0.5, 0.6) is 0 Å². The molecule has 1 heterocycles. The first kappa shape index (κ1) is 7.37. The average Bonchev–Trinajstić information content (AvgIpc) is 2.62. The Kier molecular flexibility index (Phi) is 1.52. The summed E-state index contributed by atoms with van der Waals surface area (Å²) in [4.78, 5) is 2.62. The second-order valence-electron chi connectivity index (χ2n) is 5.11. The summed E-state index contributed by atoms with van der Waals surface area (Å²) < 4.78 is 0. The molecule has 2 saturated carbocycles. The van der Waals surface area contributed by atoms with E-state index in [0.29, 0.717) is 0 Å². The number of likely N-dealkylation sites (tertiary alicyclic amines) is 1. The molecule has 3 aliphatic rings. The fraction of sp³-hybridized carbons (Fsp3) is 1.00. The van der Waals surface area contributed by atoms with Crippen LogP contribution in [0, 0.1) is 17.8 Å². The second-order valence-corrected chi connectivity index (χ2v) is 5.11. The topological polar surface area (TPSA) is 3.24 Å². The number of rotatable bonds is 0. The van der Waals surface area contributed by atoms with Gasteiger partial charge >= 0.3 is 0 Å². The van der Waals surface area contributed by atoms with Crippen molar-refractivity contribution in [2.45, 2.75) is 38.1 Å². The van der Waals surface area contributed by atoms with Crippen LogP contribution in [-0.2, 0) is 0 Å². The van der Waals surface area contributed by atoms with E-state index < -0.39 is 0 Å². The highest BCUT2D eigenvalue weighted by Crippen LogP contribution is 2.51. The van der Waals surface area contributed by atoms with E-state index in [1.807, 2.05) is 0 Å². The van der Waals surface area contributed by atoms with Gasteiger partial charge in [0.25, 0.3) is 0 Å². The van der Waals surface area contributed by atoms with Crippen molar-refractivity contribution < 1.29 is 0 Å². The molecule has 1 saturated heterocycles. The third-order valence-corrected chi connectivity index (χ3v) is 4.61. The van der Waals surface area contributed by atoms with Gasteiger partial charge in [-0.2, -0.15) is 0 Å². The van der Waals surface area contributed by atoms with Crippen molar-refractivity contribution in [2.75, 3.05) is 13.6 Å². The lowest BCUT2D eigenvalue weighted by Crippen LogP contribution is -2.41. The van der Waals surface area contributed by atoms with Gasteiger partial charge in [0.2, 0.25) is 0 Å². The Hall–Kier alpha value is -0.0400. The average molecular weight is 165 g/mol. The minimum Gasteiger partial charge on any atom is -0.303 e. The Morgan fingerprint density at radius 2 is 1.83 bits per heavy atom. The summed E-state index contributed by atoms with van der Waals surface area (Å²) in [6.45, 7) is 1.41. The third kappa shape index (κ3) is 0.834. The molecule has 0 spiro atoms. The molecule has 4 unspecified atom stereocenters. The van der Waals surface area contributed by atoms with E-state index in [4.69, 9.17) is 0 Å². The fourth-order valence-electron chi connectivity index (χ4n) is 4.13. The predicted molar refractivity (Wildman–Crippen MR) is 50.0 cm³/mol. The lowest BCUT2D eigenvalue weighted by Gasteiger charge is -2.39. The van der Waals surface area contributed by atoms with Crippen molar-refractivity contribution in [2.24, 2.45) is 17.8 Å². The van der Waals surface area contributed by atoms with Crippen LogP contribution >= 0.6 is 0 Å². The molecule has 0 amide bonds. The molecule has 2 aliphatic carbocycles. The summed E-state index contributed by atoms with van der Waals surface area (Å²) in [5.74, 6) is 3.33. The number of nitrogens with zero attached hydrogens (tertiary/aromatic N) is 1. The molecule has 1 nitrogen and oxygen atoms in total. The molecule has 0 radical (unpaired) electrons. The zero-order valence-corrected chi connectivity index (χ0v) is 8.00. The van der Waals surface area contributed by atoms with Gasteiger partial charge in [-0.1, -0.05) is 12.8 Å². The van der Waals surface area contributed by atoms with E-state index >= 15 is 0 Å². The van der Waals surface area contributed by atoms with Crippen LogP contribution in [0.4, 0.5) is 0 Å². The number of fused-ring (bicyclic) bond motifs is 5. The lowest BCUT2D eigenvalue weighted by molar-refractivity contribution is 0.0961. The van der Waals surface area contributed by atoms with Crippen LogP contribution in [0.1, 0.15) is 32.1 Å². The second kappa shape index (κ2) is 2.47. The van der Waals surface area contributed by atoms with Gasteiger partial charge in [0.05, 0.1) is 0 Å². The highest BCUT2D eigenvalue weighted by molar-refractivity contribution is 5.02. The Bertz CT molecular complexity index is 187. The Balaban J connectivity index is 1.84. The first-order chi connectivity index (χ1) is 5.86. The fourth-order valence-corrected chi connectivity index (χ4v) is 4.13. The molecule has 1 aliphatic heterocycles. The van der Waals surface area contributed by atoms with Crippen molar-refractivity contribution in [3.05, 3.63) is 0 Å². The first-order valence-corrected chi connectivity index (χ1v) is 5.56. The standard InChI is InChI=1S/C11H19N/c1-12-7-8-6-11(12)10-5-3-2-4-9(8)10/h8-11H,2-7H2,1H3. The maximum absolute atomic E-state index is 2.62. The molecule has 0 aromatic rings. The molecule has 3 rings (SSSR count). The zero-order valence-electron chi connectivity index (χ0n) is 8.00. The smallest absolute Gasteiger partial charge is 0.0127 e. The molecule has 0 aromatic carbocycles. The Morgan fingerprint density at radius 3 is 2.67 bits per heavy atom. The highest BCUT2D eigenvalue weighted by Gasteiger charge is 2.50. The van der Waals surface area contributed by atoms with Gasteiger partial charge in [-0.05, 0) is 44.1 Å². The minimum atomic E-state index is 0.986. The number of hydrogen-bond donors (Lipinski definition) is 0. The molecule has 1 heteroatoms. The van der Waals surface area contributed by atoms with E-state index in [0.717, 1.165) is 23.8 Å². The summed E-state index contributed by atoms with van der Waals surface area (Å²) in [6.07, 6.45) is 7.66. The maximum Gasteiger partial charge on any atom is 0.0127 e. The number of hydrogen-bond acceptors (Lipinski definition) is 1. The predicted octanol–water partition coefficient (Wildman–Crippen LogP) is 2.13. The van der Waals surface area contributed by atoms with E-state index in [-0.39, 0.29) is 0 Å². The molecular weight excluding hydrogens is 146 g/mol. The van der Waals surface area contributed by atoms with Crippen LogP contribution in [0.3, 0.4) is 0 Å². The summed E-state index contributed by atoms with van der Waals surface area (Å²) in [6, 6.07) is 0.986. The molecule has 3 fully saturated rings. The molecular formula is C11H19N. The minimum absolute atomic E-state index is 0.986. The molecule has 12 heavy (non-hydrogen) atoms. The van der Waals surface area contributed by atoms with Crippen molar-refractivity contribution in [3.63, 3.8) is 0 Å². The van der Waals surface area contributed by atoms with Crippen molar-refractivity contribution in [1.82, 2.24) is 4.90 Å². The molecule has 4 atom stereocenters. The summed E-state index contributed by atoms with van der Waals surface area (Å²) in [5.41, 5.74) is 0. The molecule has 68 valence electrons. The van der Waals surface area contributed by atoms with E-state index in [9.17, 15) is 0 Å².